The molecule has 1 fully saturated rings. The van der Waals surface area contributed by atoms with Crippen molar-refractivity contribution in [2.45, 2.75) is 19.3 Å². The van der Waals surface area contributed by atoms with Crippen LogP contribution in [0.4, 0.5) is 11.4 Å². The molecule has 0 unspecified atom stereocenters. The van der Waals surface area contributed by atoms with E-state index in [-0.39, 0.29) is 17.2 Å². The normalized spacial score (nSPS) is 14.5. The van der Waals surface area contributed by atoms with Gasteiger partial charge in [0, 0.05) is 24.3 Å². The first-order chi connectivity index (χ1) is 19.6. The molecule has 1 saturated heterocycles. The molecule has 1 aliphatic heterocycles. The van der Waals surface area contributed by atoms with E-state index in [1.165, 1.54) is 22.0 Å². The molecule has 4 aromatic rings. The van der Waals surface area contributed by atoms with Crippen LogP contribution >= 0.6 is 0 Å². The number of aromatic nitrogens is 2. The number of anilines is 2. The highest BCUT2D eigenvalue weighted by molar-refractivity contribution is 5.94. The lowest BCUT2D eigenvalue weighted by Crippen LogP contribution is -2.40. The van der Waals surface area contributed by atoms with E-state index in [2.05, 4.69) is 16.5 Å². The van der Waals surface area contributed by atoms with Crippen LogP contribution in [0.25, 0.3) is 5.69 Å². The molecule has 40 heavy (non-hydrogen) atoms. The lowest BCUT2D eigenvalue weighted by Gasteiger charge is -2.26. The average Bonchev–Trinajstić information content (AvgIpc) is 3.48. The third-order valence-corrected chi connectivity index (χ3v) is 7.26. The standard InChI is InChI=1S/C31H30N4O5/c1-38-26-13-10-25(11-14-26)35-31(37)29(28(20-32-35)40-27-12-7-21-3-2-4-23(21)19-27)33-24-8-5-22(6-9-24)30(36)34-15-17-39-18-16-34/h5-14,19-20,33H,2-4,15-18H2,1H3. The highest BCUT2D eigenvalue weighted by Gasteiger charge is 2.20. The Morgan fingerprint density at radius 2 is 1.65 bits per heavy atom. The van der Waals surface area contributed by atoms with Gasteiger partial charge in [-0.3, -0.25) is 9.59 Å². The topological polar surface area (TPSA) is 94.9 Å². The largest absolute Gasteiger partial charge is 0.497 e. The van der Waals surface area contributed by atoms with Crippen molar-refractivity contribution in [3.05, 3.63) is 100.0 Å². The predicted octanol–water partition coefficient (Wildman–Crippen LogP) is 4.74. The molecule has 1 N–H and O–H groups in total. The number of hydrogen-bond acceptors (Lipinski definition) is 7. The fraction of sp³-hybridized carbons (Fsp3) is 0.258. The van der Waals surface area contributed by atoms with E-state index in [0.29, 0.717) is 60.5 Å². The molecule has 0 spiro atoms. The second-order valence-electron chi connectivity index (χ2n) is 9.79. The Bertz CT molecular complexity index is 1580. The summed E-state index contributed by atoms with van der Waals surface area (Å²) in [5.41, 5.74) is 4.27. The minimum absolute atomic E-state index is 0.0405. The smallest absolute Gasteiger partial charge is 0.299 e. The molecule has 6 rings (SSSR count). The summed E-state index contributed by atoms with van der Waals surface area (Å²) in [5.74, 6) is 1.60. The number of rotatable bonds is 7. The number of morpholine rings is 1. The highest BCUT2D eigenvalue weighted by atomic mass is 16.5. The van der Waals surface area contributed by atoms with Crippen molar-refractivity contribution in [1.29, 1.82) is 0 Å². The Morgan fingerprint density at radius 3 is 2.40 bits per heavy atom. The second-order valence-corrected chi connectivity index (χ2v) is 9.79. The van der Waals surface area contributed by atoms with Gasteiger partial charge in [-0.15, -0.1) is 0 Å². The first-order valence-corrected chi connectivity index (χ1v) is 13.4. The van der Waals surface area contributed by atoms with E-state index in [1.54, 1.807) is 60.5 Å². The SMILES string of the molecule is COc1ccc(-n2ncc(Oc3ccc4c(c3)CCC4)c(Nc3ccc(C(=O)N4CCOCC4)cc3)c2=O)cc1. The number of benzene rings is 3. The molecule has 2 aliphatic rings. The fourth-order valence-electron chi connectivity index (χ4n) is 5.07. The van der Waals surface area contributed by atoms with Crippen molar-refractivity contribution in [3.63, 3.8) is 0 Å². The second kappa shape index (κ2) is 11.2. The molecule has 1 amide bonds. The van der Waals surface area contributed by atoms with Gasteiger partial charge in [0.05, 0.1) is 32.2 Å². The Morgan fingerprint density at radius 1 is 0.925 bits per heavy atom. The summed E-state index contributed by atoms with van der Waals surface area (Å²) < 4.78 is 18.1. The zero-order chi connectivity index (χ0) is 27.5. The van der Waals surface area contributed by atoms with Gasteiger partial charge < -0.3 is 24.4 Å². The van der Waals surface area contributed by atoms with E-state index < -0.39 is 0 Å². The van der Waals surface area contributed by atoms with Crippen molar-refractivity contribution in [2.24, 2.45) is 0 Å². The summed E-state index contributed by atoms with van der Waals surface area (Å²) in [6, 6.07) is 20.2. The molecule has 0 atom stereocenters. The lowest BCUT2D eigenvalue weighted by molar-refractivity contribution is 0.0303. The molecule has 2 heterocycles. The number of nitrogens with zero attached hydrogens (tertiary/aromatic N) is 3. The van der Waals surface area contributed by atoms with Gasteiger partial charge in [-0.1, -0.05) is 6.07 Å². The Hall–Kier alpha value is -4.63. The van der Waals surface area contributed by atoms with Crippen LogP contribution < -0.4 is 20.3 Å². The van der Waals surface area contributed by atoms with Gasteiger partial charge in [0.25, 0.3) is 11.5 Å². The maximum absolute atomic E-state index is 13.8. The van der Waals surface area contributed by atoms with Crippen molar-refractivity contribution >= 4 is 17.3 Å². The van der Waals surface area contributed by atoms with Gasteiger partial charge >= 0.3 is 0 Å². The van der Waals surface area contributed by atoms with E-state index in [1.807, 2.05) is 12.1 Å². The first kappa shape index (κ1) is 25.6. The number of carbonyl (C=O) groups excluding carboxylic acids is 1. The fourth-order valence-corrected chi connectivity index (χ4v) is 5.07. The van der Waals surface area contributed by atoms with Crippen molar-refractivity contribution in [1.82, 2.24) is 14.7 Å². The van der Waals surface area contributed by atoms with E-state index in [0.717, 1.165) is 19.3 Å². The number of nitrogens with one attached hydrogen (secondary N) is 1. The van der Waals surface area contributed by atoms with Gasteiger partial charge in [0.1, 0.15) is 11.5 Å². The van der Waals surface area contributed by atoms with Gasteiger partial charge in [-0.25, -0.2) is 0 Å². The van der Waals surface area contributed by atoms with Crippen LogP contribution in [-0.4, -0.2) is 54.0 Å². The van der Waals surface area contributed by atoms with Crippen molar-refractivity contribution in [2.75, 3.05) is 38.7 Å². The zero-order valence-corrected chi connectivity index (χ0v) is 22.3. The molecule has 3 aromatic carbocycles. The monoisotopic (exact) mass is 538 g/mol. The average molecular weight is 539 g/mol. The molecule has 0 bridgehead atoms. The molecular weight excluding hydrogens is 508 g/mol. The van der Waals surface area contributed by atoms with Crippen LogP contribution in [0.3, 0.4) is 0 Å². The van der Waals surface area contributed by atoms with Crippen molar-refractivity contribution in [3.8, 4) is 22.9 Å². The summed E-state index contributed by atoms with van der Waals surface area (Å²) in [4.78, 5) is 28.4. The summed E-state index contributed by atoms with van der Waals surface area (Å²) >= 11 is 0. The van der Waals surface area contributed by atoms with Crippen LogP contribution in [0, 0.1) is 0 Å². The maximum Gasteiger partial charge on any atom is 0.299 e. The third-order valence-electron chi connectivity index (χ3n) is 7.26. The van der Waals surface area contributed by atoms with Crippen LogP contribution in [-0.2, 0) is 17.6 Å². The number of carbonyl (C=O) groups is 1. The minimum Gasteiger partial charge on any atom is -0.497 e. The van der Waals surface area contributed by atoms with Crippen LogP contribution in [0.15, 0.2) is 77.7 Å². The number of ether oxygens (including phenoxy) is 3. The molecule has 1 aliphatic carbocycles. The van der Waals surface area contributed by atoms with Gasteiger partial charge in [-0.05, 0) is 91.1 Å². The third kappa shape index (κ3) is 5.28. The van der Waals surface area contributed by atoms with Crippen LogP contribution in [0.2, 0.25) is 0 Å². The molecule has 204 valence electrons. The number of aryl methyl sites for hydroxylation is 2. The number of methoxy groups -OCH3 is 1. The molecule has 9 nitrogen and oxygen atoms in total. The molecule has 0 saturated carbocycles. The summed E-state index contributed by atoms with van der Waals surface area (Å²) in [6.45, 7) is 2.23. The summed E-state index contributed by atoms with van der Waals surface area (Å²) in [5, 5.41) is 7.63. The molecule has 1 aromatic heterocycles. The molecular formula is C31H30N4O5. The zero-order valence-electron chi connectivity index (χ0n) is 22.3. The van der Waals surface area contributed by atoms with E-state index in [4.69, 9.17) is 14.2 Å². The number of hydrogen-bond donors (Lipinski definition) is 1. The minimum atomic E-state index is -0.378. The quantitative estimate of drug-likeness (QED) is 0.363. The lowest BCUT2D eigenvalue weighted by atomic mass is 10.1. The molecule has 0 radical (unpaired) electrons. The van der Waals surface area contributed by atoms with Gasteiger partial charge in [0.15, 0.2) is 11.4 Å². The van der Waals surface area contributed by atoms with Gasteiger partial charge in [-0.2, -0.15) is 9.78 Å². The van der Waals surface area contributed by atoms with Gasteiger partial charge in [0.2, 0.25) is 0 Å². The first-order valence-electron chi connectivity index (χ1n) is 13.4. The summed E-state index contributed by atoms with van der Waals surface area (Å²) in [7, 11) is 1.59. The van der Waals surface area contributed by atoms with E-state index >= 15 is 0 Å². The summed E-state index contributed by atoms with van der Waals surface area (Å²) in [6.07, 6.45) is 4.77. The number of amides is 1. The maximum atomic E-state index is 13.8. The Balaban J connectivity index is 1.32. The number of fused-ring (bicyclic) bond motifs is 1. The van der Waals surface area contributed by atoms with E-state index in [9.17, 15) is 9.59 Å². The van der Waals surface area contributed by atoms with Crippen molar-refractivity contribution < 1.29 is 19.0 Å². The van der Waals surface area contributed by atoms with Crippen LogP contribution in [0.5, 0.6) is 17.2 Å². The predicted molar refractivity (Wildman–Crippen MR) is 151 cm³/mol. The Labute approximate surface area is 231 Å². The Kier molecular flexibility index (Phi) is 7.20. The van der Waals surface area contributed by atoms with Crippen LogP contribution in [0.1, 0.15) is 27.9 Å². The molecule has 9 heteroatoms. The highest BCUT2D eigenvalue weighted by Crippen LogP contribution is 2.32.